The smallest absolute Gasteiger partial charge is 0.255 e. The number of pyridine rings is 1. The molecule has 0 radical (unpaired) electrons. The van der Waals surface area contributed by atoms with E-state index in [2.05, 4.69) is 15.2 Å². The number of aliphatic hydroxyl groups is 1. The molecule has 1 saturated heterocycles. The number of amides is 1. The quantitative estimate of drug-likeness (QED) is 0.886. The average molecular weight is 343 g/mol. The van der Waals surface area contributed by atoms with Crippen LogP contribution in [0.25, 0.3) is 5.82 Å². The first-order valence-corrected chi connectivity index (χ1v) is 8.48. The molecule has 1 N–H and O–H groups in total. The number of likely N-dealkylation sites (tertiary alicyclic amines) is 1. The molecule has 2 aromatic heterocycles. The van der Waals surface area contributed by atoms with E-state index in [0.29, 0.717) is 24.3 Å². The molecule has 0 bridgehead atoms. The van der Waals surface area contributed by atoms with E-state index in [0.717, 1.165) is 19.3 Å². The van der Waals surface area contributed by atoms with Crippen molar-refractivity contribution in [2.75, 3.05) is 13.7 Å². The normalized spacial score (nSPS) is 28.8. The fourth-order valence-corrected chi connectivity index (χ4v) is 4.07. The molecular weight excluding hydrogens is 322 g/mol. The molecule has 132 valence electrons. The molecule has 8 heteroatoms. The van der Waals surface area contributed by atoms with Gasteiger partial charge in [0.1, 0.15) is 18.5 Å². The van der Waals surface area contributed by atoms with Crippen LogP contribution in [-0.4, -0.2) is 67.1 Å². The van der Waals surface area contributed by atoms with Gasteiger partial charge in [-0.15, -0.1) is 10.2 Å². The Morgan fingerprint density at radius 1 is 1.32 bits per heavy atom. The van der Waals surface area contributed by atoms with Crippen molar-refractivity contribution >= 4 is 5.91 Å². The van der Waals surface area contributed by atoms with Crippen molar-refractivity contribution in [2.45, 2.75) is 43.4 Å². The zero-order chi connectivity index (χ0) is 17.4. The summed E-state index contributed by atoms with van der Waals surface area (Å²) in [6, 6.07) is 3.44. The van der Waals surface area contributed by atoms with Gasteiger partial charge in [-0.1, -0.05) is 0 Å². The molecule has 1 amide bonds. The van der Waals surface area contributed by atoms with Gasteiger partial charge < -0.3 is 14.7 Å². The van der Waals surface area contributed by atoms with Crippen LogP contribution in [-0.2, 0) is 4.74 Å². The summed E-state index contributed by atoms with van der Waals surface area (Å²) in [5.41, 5.74) is 0.203. The lowest BCUT2D eigenvalue weighted by Gasteiger charge is -2.42. The molecule has 0 unspecified atom stereocenters. The Labute approximate surface area is 145 Å². The van der Waals surface area contributed by atoms with Crippen molar-refractivity contribution in [3.63, 3.8) is 0 Å². The lowest BCUT2D eigenvalue weighted by atomic mass is 9.79. The number of carbonyl (C=O) groups excluding carboxylic acids is 1. The van der Waals surface area contributed by atoms with Crippen LogP contribution in [0, 0.1) is 0 Å². The highest BCUT2D eigenvalue weighted by molar-refractivity contribution is 5.94. The van der Waals surface area contributed by atoms with Crippen LogP contribution in [0.4, 0.5) is 0 Å². The van der Waals surface area contributed by atoms with E-state index in [1.165, 1.54) is 0 Å². The number of aromatic nitrogens is 4. The molecule has 4 rings (SSSR count). The summed E-state index contributed by atoms with van der Waals surface area (Å²) in [5.74, 6) is 0.586. The first kappa shape index (κ1) is 16.2. The molecular formula is C17H21N5O3. The predicted molar refractivity (Wildman–Crippen MR) is 88.2 cm³/mol. The largest absolute Gasteiger partial charge is 0.393 e. The first-order valence-electron chi connectivity index (χ1n) is 8.48. The average Bonchev–Trinajstić information content (AvgIpc) is 3.30. The SMILES string of the molecule is CO[C@@]12CC[C@@H](O)C[C@@H]1N(C(=O)c1ccc(-n3cnnc3)nc1)CC2. The highest BCUT2D eigenvalue weighted by Crippen LogP contribution is 2.42. The lowest BCUT2D eigenvalue weighted by molar-refractivity contribution is -0.0824. The van der Waals surface area contributed by atoms with E-state index >= 15 is 0 Å². The number of hydrogen-bond acceptors (Lipinski definition) is 6. The van der Waals surface area contributed by atoms with Gasteiger partial charge in [-0.25, -0.2) is 4.98 Å². The third-order valence-corrected chi connectivity index (χ3v) is 5.50. The van der Waals surface area contributed by atoms with E-state index in [-0.39, 0.29) is 23.7 Å². The van der Waals surface area contributed by atoms with E-state index in [1.807, 2.05) is 4.90 Å². The van der Waals surface area contributed by atoms with Crippen LogP contribution >= 0.6 is 0 Å². The molecule has 0 aromatic carbocycles. The highest BCUT2D eigenvalue weighted by Gasteiger charge is 2.52. The van der Waals surface area contributed by atoms with Gasteiger partial charge in [0.15, 0.2) is 0 Å². The van der Waals surface area contributed by atoms with Gasteiger partial charge in [0, 0.05) is 19.9 Å². The van der Waals surface area contributed by atoms with Crippen molar-refractivity contribution in [3.8, 4) is 5.82 Å². The van der Waals surface area contributed by atoms with E-state index in [1.54, 1.807) is 42.7 Å². The monoisotopic (exact) mass is 343 g/mol. The topological polar surface area (TPSA) is 93.4 Å². The van der Waals surface area contributed by atoms with Crippen molar-refractivity contribution in [3.05, 3.63) is 36.5 Å². The Balaban J connectivity index is 1.56. The number of methoxy groups -OCH3 is 1. The number of nitrogens with zero attached hydrogens (tertiary/aromatic N) is 5. The molecule has 3 heterocycles. The van der Waals surface area contributed by atoms with Gasteiger partial charge in [-0.05, 0) is 37.8 Å². The summed E-state index contributed by atoms with van der Waals surface area (Å²) in [6.45, 7) is 0.636. The zero-order valence-corrected chi connectivity index (χ0v) is 14.1. The predicted octanol–water partition coefficient (Wildman–Crippen LogP) is 0.807. The number of ether oxygens (including phenoxy) is 1. The molecule has 25 heavy (non-hydrogen) atoms. The number of aliphatic hydroxyl groups excluding tert-OH is 1. The van der Waals surface area contributed by atoms with Gasteiger partial charge in [-0.3, -0.25) is 9.36 Å². The molecule has 2 aromatic rings. The minimum Gasteiger partial charge on any atom is -0.393 e. The van der Waals surface area contributed by atoms with Gasteiger partial charge >= 0.3 is 0 Å². The maximum atomic E-state index is 13.0. The third-order valence-electron chi connectivity index (χ3n) is 5.50. The van der Waals surface area contributed by atoms with Gasteiger partial charge in [0.2, 0.25) is 0 Å². The second-order valence-corrected chi connectivity index (χ2v) is 6.74. The van der Waals surface area contributed by atoms with Crippen molar-refractivity contribution < 1.29 is 14.6 Å². The van der Waals surface area contributed by atoms with Crippen LogP contribution in [0.1, 0.15) is 36.0 Å². The minimum absolute atomic E-state index is 0.0687. The van der Waals surface area contributed by atoms with Gasteiger partial charge in [0.05, 0.1) is 23.3 Å². The number of fused-ring (bicyclic) bond motifs is 1. The Morgan fingerprint density at radius 2 is 2.12 bits per heavy atom. The highest BCUT2D eigenvalue weighted by atomic mass is 16.5. The zero-order valence-electron chi connectivity index (χ0n) is 14.1. The van der Waals surface area contributed by atoms with Crippen LogP contribution in [0.2, 0.25) is 0 Å². The summed E-state index contributed by atoms with van der Waals surface area (Å²) in [5, 5.41) is 17.6. The molecule has 0 spiro atoms. The number of hydrogen-bond donors (Lipinski definition) is 1. The summed E-state index contributed by atoms with van der Waals surface area (Å²) in [7, 11) is 1.70. The van der Waals surface area contributed by atoms with Crippen LogP contribution in [0.15, 0.2) is 31.0 Å². The van der Waals surface area contributed by atoms with Crippen LogP contribution < -0.4 is 0 Å². The second kappa shape index (κ2) is 6.20. The first-order chi connectivity index (χ1) is 12.1. The summed E-state index contributed by atoms with van der Waals surface area (Å²) < 4.78 is 7.48. The Hall–Kier alpha value is -2.32. The summed E-state index contributed by atoms with van der Waals surface area (Å²) >= 11 is 0. The molecule has 3 atom stereocenters. The summed E-state index contributed by atoms with van der Waals surface area (Å²) in [4.78, 5) is 19.1. The maximum Gasteiger partial charge on any atom is 0.255 e. The standard InChI is InChI=1S/C17H21N5O3/c1-25-17-5-4-13(23)8-14(17)22(7-6-17)16(24)12-2-3-15(18-9-12)21-10-19-20-11-21/h2-3,9-11,13-14,23H,4-8H2,1H3/t13-,14+,17-/m1/s1. The van der Waals surface area contributed by atoms with E-state index in [4.69, 9.17) is 4.74 Å². The molecule has 1 aliphatic heterocycles. The maximum absolute atomic E-state index is 13.0. The number of rotatable bonds is 3. The van der Waals surface area contributed by atoms with E-state index < -0.39 is 0 Å². The fourth-order valence-electron chi connectivity index (χ4n) is 4.07. The lowest BCUT2D eigenvalue weighted by Crippen LogP contribution is -2.52. The van der Waals surface area contributed by atoms with Crippen LogP contribution in [0.3, 0.4) is 0 Å². The third kappa shape index (κ3) is 2.71. The molecule has 2 aliphatic rings. The van der Waals surface area contributed by atoms with Gasteiger partial charge in [-0.2, -0.15) is 0 Å². The molecule has 1 aliphatic carbocycles. The fraction of sp³-hybridized carbons (Fsp3) is 0.529. The molecule has 1 saturated carbocycles. The molecule has 8 nitrogen and oxygen atoms in total. The van der Waals surface area contributed by atoms with Crippen molar-refractivity contribution in [2.24, 2.45) is 0 Å². The molecule has 2 fully saturated rings. The van der Waals surface area contributed by atoms with Crippen molar-refractivity contribution in [1.29, 1.82) is 0 Å². The Kier molecular flexibility index (Phi) is 4.01. The minimum atomic E-state index is -0.379. The number of carbonyl (C=O) groups is 1. The van der Waals surface area contributed by atoms with Crippen molar-refractivity contribution in [1.82, 2.24) is 24.6 Å². The summed E-state index contributed by atoms with van der Waals surface area (Å²) in [6.07, 6.45) is 7.18. The second-order valence-electron chi connectivity index (χ2n) is 6.74. The Bertz CT molecular complexity index is 748. The van der Waals surface area contributed by atoms with Gasteiger partial charge in [0.25, 0.3) is 5.91 Å². The Morgan fingerprint density at radius 3 is 2.80 bits per heavy atom. The van der Waals surface area contributed by atoms with E-state index in [9.17, 15) is 9.90 Å². The van der Waals surface area contributed by atoms with Crippen LogP contribution in [0.5, 0.6) is 0 Å².